The maximum atomic E-state index is 13.7. The zero-order valence-corrected chi connectivity index (χ0v) is 35.7. The van der Waals surface area contributed by atoms with Gasteiger partial charge in [0.2, 0.25) is 0 Å². The smallest absolute Gasteiger partial charge is 0.188 e. The molecule has 0 radical (unpaired) electrons. The maximum absolute atomic E-state index is 13.7. The first-order valence-electron chi connectivity index (χ1n) is 21.1. The van der Waals surface area contributed by atoms with Gasteiger partial charge in [-0.1, -0.05) is 79.1 Å². The molecule has 6 nitrogen and oxygen atoms in total. The van der Waals surface area contributed by atoms with Crippen LogP contribution in [0.2, 0.25) is 0 Å². The zero-order valence-electron chi connectivity index (χ0n) is 32.4. The van der Waals surface area contributed by atoms with Crippen molar-refractivity contribution in [3.05, 3.63) is 34.4 Å². The van der Waals surface area contributed by atoms with Crippen LogP contribution >= 0.6 is 45.3 Å². The van der Waals surface area contributed by atoms with E-state index in [0.29, 0.717) is 23.7 Å². The van der Waals surface area contributed by atoms with E-state index < -0.39 is 0 Å². The van der Waals surface area contributed by atoms with Crippen molar-refractivity contribution >= 4 is 99.3 Å². The number of hydrogen-bond donors (Lipinski definition) is 0. The van der Waals surface area contributed by atoms with Crippen molar-refractivity contribution in [2.45, 2.75) is 116 Å². The number of nitrogens with zero attached hydrogens (tertiary/aromatic N) is 2. The molecule has 4 aromatic heterocycles. The van der Waals surface area contributed by atoms with E-state index in [2.05, 4.69) is 39.8 Å². The summed E-state index contributed by atoms with van der Waals surface area (Å²) < 4.78 is 2.68. The van der Waals surface area contributed by atoms with Crippen LogP contribution in [0.25, 0.3) is 28.9 Å². The Morgan fingerprint density at radius 2 is 0.804 bits per heavy atom. The first-order valence-corrected chi connectivity index (χ1v) is 24.4. The molecule has 4 heterocycles. The van der Waals surface area contributed by atoms with Crippen molar-refractivity contribution in [1.29, 1.82) is 0 Å². The Morgan fingerprint density at radius 3 is 1.12 bits per heavy atom. The molecule has 0 amide bonds. The Bertz CT molecular complexity index is 2310. The Kier molecular flexibility index (Phi) is 7.42. The van der Waals surface area contributed by atoms with Crippen LogP contribution < -0.4 is 0 Å². The molecule has 6 fully saturated rings. The van der Waals surface area contributed by atoms with Gasteiger partial charge in [-0.25, -0.2) is 9.98 Å². The van der Waals surface area contributed by atoms with Gasteiger partial charge in [-0.2, -0.15) is 0 Å². The molecular formula is C46H46N2O4S4. The van der Waals surface area contributed by atoms with Crippen LogP contribution in [0.5, 0.6) is 0 Å². The Morgan fingerprint density at radius 1 is 0.482 bits per heavy atom. The summed E-state index contributed by atoms with van der Waals surface area (Å²) >= 11 is 7.04. The molecule has 8 atom stereocenters. The standard InChI is InChI=1S/C46H46N2O4S4/c1-45(2)27-17-29(47-33-35(49)23-13-19-9-5-6-10-20(19)14-24(23)36(33)50)53-39(27)41-31(45)43-44(55-41)32-42(56-43)40-28(46(32,3)4)18-30(54-40)48-34-37(51)25-15-21-11-7-8-12-22(21)16-26(25)38(34)52/h17-26H,5-16H2,1-4H3. The van der Waals surface area contributed by atoms with E-state index in [1.165, 1.54) is 103 Å². The van der Waals surface area contributed by atoms with E-state index in [1.807, 2.05) is 22.7 Å². The highest BCUT2D eigenvalue weighted by Gasteiger charge is 2.54. The van der Waals surface area contributed by atoms with Gasteiger partial charge >= 0.3 is 0 Å². The summed E-state index contributed by atoms with van der Waals surface area (Å²) in [6.45, 7) is 9.22. The molecule has 8 aliphatic carbocycles. The van der Waals surface area contributed by atoms with Crippen molar-refractivity contribution in [3.8, 4) is 19.5 Å². The van der Waals surface area contributed by atoms with Gasteiger partial charge in [0.05, 0.1) is 28.9 Å². The third-order valence-corrected chi connectivity index (χ3v) is 21.0. The van der Waals surface area contributed by atoms with Gasteiger partial charge in [0.25, 0.3) is 0 Å². The number of ketones is 4. The monoisotopic (exact) mass is 818 g/mol. The van der Waals surface area contributed by atoms with Crippen LogP contribution in [0.15, 0.2) is 22.1 Å². The normalized spacial score (nSPS) is 33.2. The lowest BCUT2D eigenvalue weighted by molar-refractivity contribution is -0.123. The number of aliphatic imine (C=N–C) groups is 2. The molecule has 0 bridgehead atoms. The fourth-order valence-corrected chi connectivity index (χ4v) is 19.3. The summed E-state index contributed by atoms with van der Waals surface area (Å²) in [6, 6.07) is 4.30. The predicted molar refractivity (Wildman–Crippen MR) is 228 cm³/mol. The number of Topliss-reactive ketones (excluding diaryl/α,β-unsaturated/α-hetero) is 4. The van der Waals surface area contributed by atoms with Crippen LogP contribution in [0.4, 0.5) is 10.0 Å². The van der Waals surface area contributed by atoms with E-state index in [0.717, 1.165) is 35.7 Å². The molecular weight excluding hydrogens is 773 g/mol. The average Bonchev–Trinajstić information content (AvgIpc) is 4.05. The molecule has 12 rings (SSSR count). The summed E-state index contributed by atoms with van der Waals surface area (Å²) in [6.07, 6.45) is 13.3. The lowest BCUT2D eigenvalue weighted by Crippen LogP contribution is -2.35. The van der Waals surface area contributed by atoms with Gasteiger partial charge in [0.1, 0.15) is 10.0 Å². The van der Waals surface area contributed by atoms with Crippen molar-refractivity contribution in [2.24, 2.45) is 57.3 Å². The SMILES string of the molecule is CC1(C)c2cc(N=C3C(=O)C4CC5CCCCC5CC4C3=O)sc2-c2sc3c4c(sc3c21)-c1sc(N=C2C(=O)C3CC5CCCCC5CC3C2=O)cc1C4(C)C. The van der Waals surface area contributed by atoms with Crippen LogP contribution in [0.1, 0.15) is 127 Å². The largest absolute Gasteiger partial charge is 0.292 e. The molecule has 56 heavy (non-hydrogen) atoms. The van der Waals surface area contributed by atoms with Crippen LogP contribution in [0.3, 0.4) is 0 Å². The summed E-state index contributed by atoms with van der Waals surface area (Å²) in [4.78, 5) is 69.6. The molecule has 10 heteroatoms. The van der Waals surface area contributed by atoms with E-state index in [-0.39, 0.29) is 69.1 Å². The molecule has 4 aromatic rings. The Labute approximate surface area is 343 Å². The topological polar surface area (TPSA) is 93.0 Å². The van der Waals surface area contributed by atoms with E-state index in [1.54, 1.807) is 22.7 Å². The second kappa shape index (κ2) is 11.9. The molecule has 0 aliphatic heterocycles. The number of fused-ring (bicyclic) bond motifs is 13. The highest BCUT2D eigenvalue weighted by Crippen LogP contribution is 2.66. The van der Waals surface area contributed by atoms with Crippen molar-refractivity contribution < 1.29 is 19.2 Å². The number of thiophene rings is 4. The van der Waals surface area contributed by atoms with Gasteiger partial charge in [-0.05, 0) is 83.7 Å². The average molecular weight is 819 g/mol. The van der Waals surface area contributed by atoms with Crippen molar-refractivity contribution in [2.75, 3.05) is 0 Å². The van der Waals surface area contributed by atoms with Crippen molar-refractivity contribution in [1.82, 2.24) is 0 Å². The quantitative estimate of drug-likeness (QED) is 0.201. The molecule has 0 aromatic carbocycles. The minimum absolute atomic E-state index is 0.00843. The second-order valence-electron chi connectivity index (χ2n) is 19.5. The third-order valence-electron chi connectivity index (χ3n) is 16.0. The Balaban J connectivity index is 0.868. The lowest BCUT2D eigenvalue weighted by atomic mass is 9.64. The van der Waals surface area contributed by atoms with Gasteiger partial charge in [0, 0.05) is 34.5 Å². The number of rotatable bonds is 2. The minimum Gasteiger partial charge on any atom is -0.292 e. The van der Waals surface area contributed by atoms with Gasteiger partial charge < -0.3 is 0 Å². The molecule has 8 unspecified atom stereocenters. The van der Waals surface area contributed by atoms with Crippen LogP contribution in [-0.2, 0) is 30.0 Å². The molecule has 8 aliphatic rings. The fourth-order valence-electron chi connectivity index (χ4n) is 13.1. The summed E-state index contributed by atoms with van der Waals surface area (Å²) in [5.74, 6) is 1.66. The van der Waals surface area contributed by atoms with Crippen LogP contribution in [0, 0.1) is 47.3 Å². The highest BCUT2D eigenvalue weighted by molar-refractivity contribution is 7.35. The van der Waals surface area contributed by atoms with Crippen molar-refractivity contribution in [3.63, 3.8) is 0 Å². The molecule has 0 saturated heterocycles. The zero-order chi connectivity index (χ0) is 38.2. The summed E-state index contributed by atoms with van der Waals surface area (Å²) in [7, 11) is 0. The number of carbonyl (C=O) groups is 4. The number of carbonyl (C=O) groups excluding carboxylic acids is 4. The van der Waals surface area contributed by atoms with Gasteiger partial charge in [-0.15, -0.1) is 45.3 Å². The lowest BCUT2D eigenvalue weighted by Gasteiger charge is -2.39. The van der Waals surface area contributed by atoms with E-state index in [9.17, 15) is 19.2 Å². The first-order chi connectivity index (χ1) is 26.9. The first kappa shape index (κ1) is 35.1. The second-order valence-corrected chi connectivity index (χ2v) is 23.6. The third kappa shape index (κ3) is 4.59. The summed E-state index contributed by atoms with van der Waals surface area (Å²) in [5, 5.41) is 1.55. The maximum Gasteiger partial charge on any atom is 0.188 e. The molecule has 0 N–H and O–H groups in total. The predicted octanol–water partition coefficient (Wildman–Crippen LogP) is 11.8. The summed E-state index contributed by atoms with van der Waals surface area (Å²) in [5.41, 5.74) is 5.13. The van der Waals surface area contributed by atoms with Gasteiger partial charge in [-0.3, -0.25) is 19.2 Å². The van der Waals surface area contributed by atoms with E-state index >= 15 is 0 Å². The Hall–Kier alpha value is -2.92. The fraction of sp³-hybridized carbons (Fsp3) is 0.565. The highest BCUT2D eigenvalue weighted by atomic mass is 32.1. The molecule has 288 valence electrons. The van der Waals surface area contributed by atoms with E-state index in [4.69, 9.17) is 9.98 Å². The number of hydrogen-bond acceptors (Lipinski definition) is 10. The molecule has 6 saturated carbocycles. The van der Waals surface area contributed by atoms with Gasteiger partial charge in [0.15, 0.2) is 34.6 Å². The van der Waals surface area contributed by atoms with Crippen LogP contribution in [-0.4, -0.2) is 34.6 Å². The minimum atomic E-state index is -0.249. The molecule has 0 spiro atoms.